The molecular formula is C12H18N2O4. The van der Waals surface area contributed by atoms with Gasteiger partial charge in [0.2, 0.25) is 6.41 Å². The first-order chi connectivity index (χ1) is 8.81. The van der Waals surface area contributed by atoms with E-state index in [1.165, 1.54) is 0 Å². The number of aliphatic hydroxyl groups is 1. The van der Waals surface area contributed by atoms with E-state index in [9.17, 15) is 4.79 Å². The molecule has 1 aromatic rings. The molecule has 0 aliphatic carbocycles. The van der Waals surface area contributed by atoms with E-state index in [0.29, 0.717) is 49.8 Å². The number of benzene rings is 1. The van der Waals surface area contributed by atoms with E-state index in [0.717, 1.165) is 0 Å². The van der Waals surface area contributed by atoms with Crippen molar-refractivity contribution in [2.24, 2.45) is 5.73 Å². The van der Waals surface area contributed by atoms with Gasteiger partial charge < -0.3 is 25.6 Å². The Kier molecular flexibility index (Phi) is 6.78. The van der Waals surface area contributed by atoms with Gasteiger partial charge in [-0.15, -0.1) is 0 Å². The van der Waals surface area contributed by atoms with E-state index in [1.54, 1.807) is 18.2 Å². The Labute approximate surface area is 106 Å². The van der Waals surface area contributed by atoms with Crippen LogP contribution in [-0.4, -0.2) is 37.9 Å². The zero-order chi connectivity index (χ0) is 13.2. The predicted molar refractivity (Wildman–Crippen MR) is 67.4 cm³/mol. The van der Waals surface area contributed by atoms with Crippen molar-refractivity contribution in [2.75, 3.05) is 31.7 Å². The maximum Gasteiger partial charge on any atom is 0.211 e. The van der Waals surface area contributed by atoms with Gasteiger partial charge in [0, 0.05) is 6.54 Å². The molecule has 1 amide bonds. The van der Waals surface area contributed by atoms with Crippen LogP contribution in [0.2, 0.25) is 0 Å². The summed E-state index contributed by atoms with van der Waals surface area (Å²) in [5, 5.41) is 11.6. The third kappa shape index (κ3) is 4.70. The zero-order valence-electron chi connectivity index (χ0n) is 10.1. The van der Waals surface area contributed by atoms with Crippen LogP contribution in [0.4, 0.5) is 5.69 Å². The Morgan fingerprint density at radius 2 is 2.17 bits per heavy atom. The van der Waals surface area contributed by atoms with Crippen LogP contribution in [0.3, 0.4) is 0 Å². The second-order valence-corrected chi connectivity index (χ2v) is 3.50. The molecule has 0 spiro atoms. The lowest BCUT2D eigenvalue weighted by molar-refractivity contribution is -0.105. The Hall–Kier alpha value is -1.63. The zero-order valence-corrected chi connectivity index (χ0v) is 10.1. The highest BCUT2D eigenvalue weighted by Gasteiger charge is 2.04. The van der Waals surface area contributed by atoms with Crippen LogP contribution in [0, 0.1) is 0 Å². The second-order valence-electron chi connectivity index (χ2n) is 3.50. The van der Waals surface area contributed by atoms with E-state index < -0.39 is 0 Å². The first kappa shape index (κ1) is 14.4. The Morgan fingerprint density at radius 3 is 2.83 bits per heavy atom. The molecule has 0 heterocycles. The maximum atomic E-state index is 10.4. The van der Waals surface area contributed by atoms with Crippen molar-refractivity contribution >= 4 is 12.1 Å². The number of nitrogens with two attached hydrogens (primary N) is 1. The number of hydrogen-bond donors (Lipinski definition) is 3. The van der Waals surface area contributed by atoms with E-state index >= 15 is 0 Å². The molecule has 0 saturated heterocycles. The number of rotatable bonds is 9. The minimum Gasteiger partial charge on any atom is -0.489 e. The van der Waals surface area contributed by atoms with Crippen LogP contribution >= 0.6 is 0 Å². The van der Waals surface area contributed by atoms with Gasteiger partial charge >= 0.3 is 0 Å². The summed E-state index contributed by atoms with van der Waals surface area (Å²) in [6.45, 7) is 1.64. The molecule has 0 bridgehead atoms. The molecule has 0 aliphatic rings. The summed E-state index contributed by atoms with van der Waals surface area (Å²) in [4.78, 5) is 10.4. The van der Waals surface area contributed by atoms with Crippen molar-refractivity contribution in [1.29, 1.82) is 0 Å². The third-order valence-corrected chi connectivity index (χ3v) is 2.19. The Balaban J connectivity index is 2.56. The molecule has 0 aromatic heterocycles. The number of aliphatic hydroxyl groups excluding tert-OH is 1. The Morgan fingerprint density at radius 1 is 1.33 bits per heavy atom. The fourth-order valence-corrected chi connectivity index (χ4v) is 1.36. The molecule has 100 valence electrons. The highest BCUT2D eigenvalue weighted by molar-refractivity contribution is 5.75. The summed E-state index contributed by atoms with van der Waals surface area (Å²) in [6.07, 6.45) is 0.575. The number of carbonyl (C=O) groups is 1. The molecule has 18 heavy (non-hydrogen) atoms. The highest BCUT2D eigenvalue weighted by atomic mass is 16.5. The van der Waals surface area contributed by atoms with Gasteiger partial charge in [0.1, 0.15) is 12.4 Å². The minimum atomic E-state index is -0.0819. The quantitative estimate of drug-likeness (QED) is 0.429. The number of nitrogens with one attached hydrogen (secondary N) is 1. The molecular weight excluding hydrogens is 236 g/mol. The maximum absolute atomic E-state index is 10.4. The first-order valence-corrected chi connectivity index (χ1v) is 5.66. The van der Waals surface area contributed by atoms with Gasteiger partial charge in [-0.1, -0.05) is 6.07 Å². The molecule has 0 saturated carbocycles. The van der Waals surface area contributed by atoms with Crippen molar-refractivity contribution in [3.05, 3.63) is 23.8 Å². The van der Waals surface area contributed by atoms with Gasteiger partial charge in [-0.2, -0.15) is 0 Å². The first-order valence-electron chi connectivity index (χ1n) is 5.66. The van der Waals surface area contributed by atoms with Crippen LogP contribution in [0.25, 0.3) is 0 Å². The molecule has 1 aromatic carbocycles. The summed E-state index contributed by atoms with van der Waals surface area (Å²) >= 11 is 0. The summed E-state index contributed by atoms with van der Waals surface area (Å²) < 4.78 is 10.7. The lowest BCUT2D eigenvalue weighted by atomic mass is 10.2. The normalized spacial score (nSPS) is 10.1. The molecule has 0 unspecified atom stereocenters. The van der Waals surface area contributed by atoms with Crippen LogP contribution < -0.4 is 15.8 Å². The van der Waals surface area contributed by atoms with E-state index in [4.69, 9.17) is 20.3 Å². The number of hydrogen-bond acceptors (Lipinski definition) is 5. The second kappa shape index (κ2) is 8.46. The number of carbonyl (C=O) groups excluding carboxylic acids is 1. The van der Waals surface area contributed by atoms with Gasteiger partial charge in [-0.25, -0.2) is 0 Å². The summed E-state index contributed by atoms with van der Waals surface area (Å²) in [7, 11) is 0. The van der Waals surface area contributed by atoms with Crippen LogP contribution in [0.1, 0.15) is 5.56 Å². The van der Waals surface area contributed by atoms with Gasteiger partial charge in [0.25, 0.3) is 0 Å². The van der Waals surface area contributed by atoms with Crippen molar-refractivity contribution < 1.29 is 19.4 Å². The molecule has 0 aliphatic heterocycles. The SMILES string of the molecule is NCCOCCOc1cc(CO)ccc1NC=O. The van der Waals surface area contributed by atoms with Crippen molar-refractivity contribution in [3.8, 4) is 5.75 Å². The van der Waals surface area contributed by atoms with Crippen molar-refractivity contribution in [1.82, 2.24) is 0 Å². The van der Waals surface area contributed by atoms with E-state index in [-0.39, 0.29) is 6.61 Å². The molecule has 6 nitrogen and oxygen atoms in total. The topological polar surface area (TPSA) is 93.8 Å². The molecule has 0 radical (unpaired) electrons. The van der Waals surface area contributed by atoms with Crippen molar-refractivity contribution in [3.63, 3.8) is 0 Å². The van der Waals surface area contributed by atoms with Crippen LogP contribution in [0.5, 0.6) is 5.75 Å². The molecule has 0 atom stereocenters. The van der Waals surface area contributed by atoms with Gasteiger partial charge in [-0.05, 0) is 17.7 Å². The molecule has 4 N–H and O–H groups in total. The standard InChI is InChI=1S/C12H18N2O4/c13-3-4-17-5-6-18-12-7-10(8-15)1-2-11(12)14-9-16/h1-2,7,9,15H,3-6,8,13H2,(H,14,16). The summed E-state index contributed by atoms with van der Waals surface area (Å²) in [5.41, 5.74) is 6.55. The average Bonchev–Trinajstić information content (AvgIpc) is 2.40. The fourth-order valence-electron chi connectivity index (χ4n) is 1.36. The Bertz CT molecular complexity index is 371. The molecule has 1 rings (SSSR count). The summed E-state index contributed by atoms with van der Waals surface area (Å²) in [6, 6.07) is 5.06. The molecule has 6 heteroatoms. The fraction of sp³-hybridized carbons (Fsp3) is 0.417. The van der Waals surface area contributed by atoms with Gasteiger partial charge in [-0.3, -0.25) is 4.79 Å². The van der Waals surface area contributed by atoms with E-state index in [1.807, 2.05) is 0 Å². The lowest BCUT2D eigenvalue weighted by Gasteiger charge is -2.12. The lowest BCUT2D eigenvalue weighted by Crippen LogP contribution is -2.13. The predicted octanol–water partition coefficient (Wildman–Crippen LogP) is 0.101. The third-order valence-electron chi connectivity index (χ3n) is 2.19. The summed E-state index contributed by atoms with van der Waals surface area (Å²) in [5.74, 6) is 0.505. The van der Waals surface area contributed by atoms with Crippen LogP contribution in [0.15, 0.2) is 18.2 Å². The minimum absolute atomic E-state index is 0.0819. The van der Waals surface area contributed by atoms with Gasteiger partial charge in [0.05, 0.1) is 25.5 Å². The smallest absolute Gasteiger partial charge is 0.211 e. The average molecular weight is 254 g/mol. The van der Waals surface area contributed by atoms with Gasteiger partial charge in [0.15, 0.2) is 0 Å². The number of anilines is 1. The molecule has 0 fully saturated rings. The van der Waals surface area contributed by atoms with E-state index in [2.05, 4.69) is 5.32 Å². The monoisotopic (exact) mass is 254 g/mol. The number of amides is 1. The number of ether oxygens (including phenoxy) is 2. The highest BCUT2D eigenvalue weighted by Crippen LogP contribution is 2.25. The van der Waals surface area contributed by atoms with Crippen molar-refractivity contribution in [2.45, 2.75) is 6.61 Å². The van der Waals surface area contributed by atoms with Crippen LogP contribution in [-0.2, 0) is 16.1 Å². The largest absolute Gasteiger partial charge is 0.489 e.